The molecular weight excluding hydrogens is 715 g/mol. The molecule has 0 fully saturated rings. The molecule has 2 nitrogen and oxygen atoms in total. The smallest absolute Gasteiger partial charge is 0.136 e. The van der Waals surface area contributed by atoms with Crippen molar-refractivity contribution in [3.63, 3.8) is 0 Å². The van der Waals surface area contributed by atoms with Gasteiger partial charge in [-0.15, -0.1) is 0 Å². The summed E-state index contributed by atoms with van der Waals surface area (Å²) in [6, 6.07) is 76.8. The number of para-hydroxylation sites is 2. The van der Waals surface area contributed by atoms with E-state index in [0.29, 0.717) is 0 Å². The van der Waals surface area contributed by atoms with Crippen molar-refractivity contribution < 1.29 is 4.42 Å². The Bertz CT molecular complexity index is 3160. The van der Waals surface area contributed by atoms with Gasteiger partial charge < -0.3 is 9.32 Å². The average molecular weight is 756 g/mol. The second kappa shape index (κ2) is 13.9. The highest BCUT2D eigenvalue weighted by molar-refractivity contribution is 6.14. The van der Waals surface area contributed by atoms with Crippen molar-refractivity contribution in [2.45, 2.75) is 19.3 Å². The van der Waals surface area contributed by atoms with Crippen LogP contribution in [0.25, 0.3) is 77.6 Å². The zero-order valence-corrected chi connectivity index (χ0v) is 33.1. The molecule has 0 saturated heterocycles. The van der Waals surface area contributed by atoms with Crippen molar-refractivity contribution in [1.82, 2.24) is 0 Å². The maximum atomic E-state index is 6.42. The maximum absolute atomic E-state index is 6.42. The molecule has 0 atom stereocenters. The molecule has 280 valence electrons. The summed E-state index contributed by atoms with van der Waals surface area (Å²) in [6.07, 6.45) is 0. The Morgan fingerprint density at radius 1 is 0.373 bits per heavy atom. The van der Waals surface area contributed by atoms with Crippen LogP contribution in [0.15, 0.2) is 217 Å². The van der Waals surface area contributed by atoms with Crippen molar-refractivity contribution in [1.29, 1.82) is 0 Å². The molecule has 10 aromatic rings. The first kappa shape index (κ1) is 34.8. The van der Waals surface area contributed by atoms with E-state index in [9.17, 15) is 0 Å². The first-order valence-electron chi connectivity index (χ1n) is 20.4. The molecule has 2 heteroatoms. The fraction of sp³-hybridized carbons (Fsp3) is 0.0526. The van der Waals surface area contributed by atoms with Gasteiger partial charge in [0.05, 0.1) is 11.4 Å². The first-order valence-corrected chi connectivity index (χ1v) is 20.4. The first-order chi connectivity index (χ1) is 29.0. The minimum absolute atomic E-state index is 0.292. The van der Waals surface area contributed by atoms with Gasteiger partial charge in [-0.1, -0.05) is 184 Å². The molecule has 59 heavy (non-hydrogen) atoms. The Morgan fingerprint density at radius 3 is 1.61 bits per heavy atom. The minimum atomic E-state index is -0.292. The van der Waals surface area contributed by atoms with Gasteiger partial charge >= 0.3 is 0 Å². The predicted molar refractivity (Wildman–Crippen MR) is 248 cm³/mol. The van der Waals surface area contributed by atoms with Gasteiger partial charge in [-0.2, -0.15) is 0 Å². The van der Waals surface area contributed by atoms with Gasteiger partial charge in [0.1, 0.15) is 11.2 Å². The van der Waals surface area contributed by atoms with Crippen molar-refractivity contribution in [3.05, 3.63) is 223 Å². The predicted octanol–water partition coefficient (Wildman–Crippen LogP) is 16.0. The largest absolute Gasteiger partial charge is 0.456 e. The molecule has 11 rings (SSSR count). The van der Waals surface area contributed by atoms with Crippen LogP contribution in [-0.4, -0.2) is 0 Å². The minimum Gasteiger partial charge on any atom is -0.456 e. The third-order valence-electron chi connectivity index (χ3n) is 12.3. The van der Waals surface area contributed by atoms with E-state index in [0.717, 1.165) is 44.4 Å². The fourth-order valence-corrected chi connectivity index (χ4v) is 9.44. The Balaban J connectivity index is 1.08. The Hall–Kier alpha value is -7.42. The molecule has 1 aliphatic carbocycles. The lowest BCUT2D eigenvalue weighted by Gasteiger charge is -2.33. The average Bonchev–Trinajstić information content (AvgIpc) is 3.79. The van der Waals surface area contributed by atoms with E-state index in [-0.39, 0.29) is 5.41 Å². The van der Waals surface area contributed by atoms with Crippen molar-refractivity contribution in [2.24, 2.45) is 0 Å². The Kier molecular flexibility index (Phi) is 8.20. The quantitative estimate of drug-likeness (QED) is 0.161. The van der Waals surface area contributed by atoms with E-state index >= 15 is 0 Å². The molecular formula is C57H41NO. The number of hydrogen-bond donors (Lipinski definition) is 0. The van der Waals surface area contributed by atoms with Crippen LogP contribution in [0.1, 0.15) is 25.0 Å². The monoisotopic (exact) mass is 755 g/mol. The van der Waals surface area contributed by atoms with E-state index in [1.165, 1.54) is 61.3 Å². The van der Waals surface area contributed by atoms with Crippen LogP contribution in [0.4, 0.5) is 17.1 Å². The summed E-state index contributed by atoms with van der Waals surface area (Å²) >= 11 is 0. The number of nitrogens with zero attached hydrogens (tertiary/aromatic N) is 1. The molecule has 0 bridgehead atoms. The highest BCUT2D eigenvalue weighted by Crippen LogP contribution is 2.56. The molecule has 1 aromatic heterocycles. The standard InChI is InChI=1S/C57H41NO/c1-57(2)50-37-43(42-29-27-40(28-30-42)38-15-5-3-6-16-38)33-36-45(50)48-22-13-24-52(56(48)57)58(44-34-31-41(32-35-44)39-17-7-4-8-18-39)51-23-11-9-19-46(51)47-21-14-26-54-55(47)49-20-10-12-25-53(49)59-54/h3-37H,1-2H3. The summed E-state index contributed by atoms with van der Waals surface area (Å²) in [6.45, 7) is 4.79. The molecule has 0 saturated carbocycles. The van der Waals surface area contributed by atoms with Crippen LogP contribution < -0.4 is 4.90 Å². The summed E-state index contributed by atoms with van der Waals surface area (Å²) < 4.78 is 6.42. The van der Waals surface area contributed by atoms with Crippen molar-refractivity contribution >= 4 is 39.0 Å². The molecule has 0 unspecified atom stereocenters. The highest BCUT2D eigenvalue weighted by atomic mass is 16.3. The molecule has 0 radical (unpaired) electrons. The maximum Gasteiger partial charge on any atom is 0.136 e. The van der Waals surface area contributed by atoms with Crippen LogP contribution in [0, 0.1) is 0 Å². The lowest BCUT2D eigenvalue weighted by molar-refractivity contribution is 0.661. The molecule has 9 aromatic carbocycles. The summed E-state index contributed by atoms with van der Waals surface area (Å²) in [5.41, 5.74) is 19.7. The Labute approximate surface area is 345 Å². The lowest BCUT2D eigenvalue weighted by Crippen LogP contribution is -2.21. The Morgan fingerprint density at radius 2 is 0.881 bits per heavy atom. The van der Waals surface area contributed by atoms with E-state index in [2.05, 4.69) is 225 Å². The van der Waals surface area contributed by atoms with Crippen LogP contribution in [0.2, 0.25) is 0 Å². The van der Waals surface area contributed by atoms with E-state index < -0.39 is 0 Å². The van der Waals surface area contributed by atoms with E-state index in [4.69, 9.17) is 4.42 Å². The topological polar surface area (TPSA) is 16.4 Å². The summed E-state index contributed by atoms with van der Waals surface area (Å²) in [5.74, 6) is 0. The van der Waals surface area contributed by atoms with Gasteiger partial charge in [0.15, 0.2) is 0 Å². The van der Waals surface area contributed by atoms with Crippen molar-refractivity contribution in [3.8, 4) is 55.6 Å². The molecule has 0 amide bonds. The molecule has 0 N–H and O–H groups in total. The number of benzene rings is 9. The van der Waals surface area contributed by atoms with Crippen LogP contribution in [0.5, 0.6) is 0 Å². The van der Waals surface area contributed by atoms with Crippen LogP contribution in [0.3, 0.4) is 0 Å². The number of hydrogen-bond acceptors (Lipinski definition) is 2. The van der Waals surface area contributed by atoms with Gasteiger partial charge in [0, 0.05) is 27.4 Å². The van der Waals surface area contributed by atoms with Gasteiger partial charge in [0.25, 0.3) is 0 Å². The zero-order chi connectivity index (χ0) is 39.5. The van der Waals surface area contributed by atoms with Crippen molar-refractivity contribution in [2.75, 3.05) is 4.90 Å². The zero-order valence-electron chi connectivity index (χ0n) is 33.1. The summed E-state index contributed by atoms with van der Waals surface area (Å²) in [5, 5.41) is 2.25. The molecule has 0 aliphatic heterocycles. The van der Waals surface area contributed by atoms with Gasteiger partial charge in [-0.05, 0) is 104 Å². The number of rotatable bonds is 7. The highest BCUT2D eigenvalue weighted by Gasteiger charge is 2.39. The van der Waals surface area contributed by atoms with E-state index in [1.807, 2.05) is 6.07 Å². The lowest BCUT2D eigenvalue weighted by atomic mass is 9.80. The number of anilines is 3. The number of furan rings is 1. The third kappa shape index (κ3) is 5.79. The molecule has 0 spiro atoms. The third-order valence-corrected chi connectivity index (χ3v) is 12.3. The fourth-order valence-electron chi connectivity index (χ4n) is 9.44. The second-order valence-corrected chi connectivity index (χ2v) is 16.1. The van der Waals surface area contributed by atoms with Gasteiger partial charge in [-0.3, -0.25) is 0 Å². The van der Waals surface area contributed by atoms with E-state index in [1.54, 1.807) is 0 Å². The molecule has 1 aliphatic rings. The van der Waals surface area contributed by atoms with Crippen LogP contribution >= 0.6 is 0 Å². The summed E-state index contributed by atoms with van der Waals surface area (Å²) in [4.78, 5) is 2.49. The SMILES string of the molecule is CC1(C)c2cc(-c3ccc(-c4ccccc4)cc3)ccc2-c2cccc(N(c3ccc(-c4ccccc4)cc3)c3ccccc3-c3cccc4oc5ccccc5c34)c21. The number of fused-ring (bicyclic) bond motifs is 6. The molecule has 1 heterocycles. The van der Waals surface area contributed by atoms with Crippen LogP contribution in [-0.2, 0) is 5.41 Å². The van der Waals surface area contributed by atoms with Gasteiger partial charge in [-0.25, -0.2) is 0 Å². The second-order valence-electron chi connectivity index (χ2n) is 16.1. The van der Waals surface area contributed by atoms with Gasteiger partial charge in [0.2, 0.25) is 0 Å². The normalized spacial score (nSPS) is 12.7. The summed E-state index contributed by atoms with van der Waals surface area (Å²) in [7, 11) is 0.